The van der Waals surface area contributed by atoms with Crippen molar-refractivity contribution in [3.05, 3.63) is 60.2 Å². The second-order valence-electron chi connectivity index (χ2n) is 5.56. The van der Waals surface area contributed by atoms with Gasteiger partial charge in [-0.15, -0.1) is 0 Å². The Balaban J connectivity index is 1.89. The fraction of sp³-hybridized carbons (Fsp3) is 0.389. The molecule has 0 bridgehead atoms. The third-order valence-electron chi connectivity index (χ3n) is 4.07. The molecule has 1 atom stereocenters. The molecule has 1 heterocycles. The first-order valence-corrected chi connectivity index (χ1v) is 7.63. The summed E-state index contributed by atoms with van der Waals surface area (Å²) in [5, 5.41) is 7.21. The molecule has 1 aromatic carbocycles. The van der Waals surface area contributed by atoms with Crippen molar-refractivity contribution in [1.29, 1.82) is 0 Å². The summed E-state index contributed by atoms with van der Waals surface area (Å²) in [6, 6.07) is 10.9. The van der Waals surface area contributed by atoms with Crippen LogP contribution in [-0.4, -0.2) is 37.0 Å². The molecule has 3 nitrogen and oxygen atoms in total. The smallest absolute Gasteiger partial charge is 0.0784 e. The first-order valence-electron chi connectivity index (χ1n) is 7.63. The number of methoxy groups -OCH3 is 1. The Kier molecular flexibility index (Phi) is 4.51. The molecule has 3 rings (SSSR count). The van der Waals surface area contributed by atoms with Gasteiger partial charge in [0, 0.05) is 19.6 Å². The van der Waals surface area contributed by atoms with Gasteiger partial charge in [-0.3, -0.25) is 5.01 Å². The highest BCUT2D eigenvalue weighted by Crippen LogP contribution is 2.22. The van der Waals surface area contributed by atoms with E-state index in [9.17, 15) is 0 Å². The highest BCUT2D eigenvalue weighted by atomic mass is 16.5. The Labute approximate surface area is 126 Å². The summed E-state index contributed by atoms with van der Waals surface area (Å²) in [5.41, 5.74) is 2.32. The van der Waals surface area contributed by atoms with Crippen LogP contribution in [0.5, 0.6) is 0 Å². The van der Waals surface area contributed by atoms with E-state index in [1.807, 2.05) is 6.07 Å². The van der Waals surface area contributed by atoms with Crippen LogP contribution in [-0.2, 0) is 4.74 Å². The molecule has 110 valence electrons. The second-order valence-corrected chi connectivity index (χ2v) is 5.56. The van der Waals surface area contributed by atoms with E-state index in [4.69, 9.17) is 9.84 Å². The predicted octanol–water partition coefficient (Wildman–Crippen LogP) is 3.24. The SMILES string of the molecule is COC[C@@H]1CCCN1/N=C(/c1ccccc1)C1C=CC=C1. The quantitative estimate of drug-likeness (QED) is 0.774. The Hall–Kier alpha value is -1.87. The molecule has 1 aliphatic carbocycles. The van der Waals surface area contributed by atoms with Crippen LogP contribution >= 0.6 is 0 Å². The molecule has 1 saturated heterocycles. The lowest BCUT2D eigenvalue weighted by Gasteiger charge is -2.23. The Morgan fingerprint density at radius 2 is 2.00 bits per heavy atom. The van der Waals surface area contributed by atoms with Crippen molar-refractivity contribution < 1.29 is 4.74 Å². The lowest BCUT2D eigenvalue weighted by Crippen LogP contribution is -2.30. The molecule has 0 spiro atoms. The number of hydrogen-bond donors (Lipinski definition) is 0. The molecule has 0 aromatic heterocycles. The summed E-state index contributed by atoms with van der Waals surface area (Å²) in [5.74, 6) is 0.274. The van der Waals surface area contributed by atoms with Gasteiger partial charge in [0.2, 0.25) is 0 Å². The number of rotatable bonds is 5. The molecule has 3 heteroatoms. The lowest BCUT2D eigenvalue weighted by atomic mass is 9.98. The van der Waals surface area contributed by atoms with Crippen LogP contribution in [0.1, 0.15) is 18.4 Å². The highest BCUT2D eigenvalue weighted by Gasteiger charge is 2.25. The van der Waals surface area contributed by atoms with Gasteiger partial charge in [-0.25, -0.2) is 0 Å². The third-order valence-corrected chi connectivity index (χ3v) is 4.07. The molecule has 1 fully saturated rings. The molecule has 0 N–H and O–H groups in total. The summed E-state index contributed by atoms with van der Waals surface area (Å²) < 4.78 is 5.33. The van der Waals surface area contributed by atoms with E-state index in [0.29, 0.717) is 6.04 Å². The monoisotopic (exact) mass is 282 g/mol. The van der Waals surface area contributed by atoms with Crippen molar-refractivity contribution in [2.75, 3.05) is 20.3 Å². The molecule has 2 aliphatic rings. The zero-order valence-electron chi connectivity index (χ0n) is 12.5. The van der Waals surface area contributed by atoms with Gasteiger partial charge in [-0.1, -0.05) is 54.6 Å². The fourth-order valence-electron chi connectivity index (χ4n) is 2.99. The third kappa shape index (κ3) is 3.24. The summed E-state index contributed by atoms with van der Waals surface area (Å²) in [6.07, 6.45) is 11.0. The van der Waals surface area contributed by atoms with Crippen molar-refractivity contribution in [3.8, 4) is 0 Å². The van der Waals surface area contributed by atoms with Gasteiger partial charge in [0.05, 0.1) is 18.4 Å². The van der Waals surface area contributed by atoms with Crippen LogP contribution in [0, 0.1) is 5.92 Å². The molecule has 0 saturated carbocycles. The van der Waals surface area contributed by atoms with Crippen molar-refractivity contribution in [3.63, 3.8) is 0 Å². The van der Waals surface area contributed by atoms with Crippen LogP contribution in [0.25, 0.3) is 0 Å². The maximum absolute atomic E-state index is 5.33. The van der Waals surface area contributed by atoms with E-state index in [1.54, 1.807) is 7.11 Å². The van der Waals surface area contributed by atoms with Gasteiger partial charge >= 0.3 is 0 Å². The van der Waals surface area contributed by atoms with Crippen LogP contribution in [0.4, 0.5) is 0 Å². The van der Waals surface area contributed by atoms with Gasteiger partial charge in [0.25, 0.3) is 0 Å². The van der Waals surface area contributed by atoms with Gasteiger partial charge in [-0.2, -0.15) is 5.10 Å². The number of allylic oxidation sites excluding steroid dienone is 4. The molecule has 21 heavy (non-hydrogen) atoms. The molecular weight excluding hydrogens is 260 g/mol. The highest BCUT2D eigenvalue weighted by molar-refractivity contribution is 6.04. The van der Waals surface area contributed by atoms with Crippen LogP contribution in [0.3, 0.4) is 0 Å². The average molecular weight is 282 g/mol. The minimum absolute atomic E-state index is 0.274. The fourth-order valence-corrected chi connectivity index (χ4v) is 2.99. The second kappa shape index (κ2) is 6.72. The van der Waals surface area contributed by atoms with Crippen LogP contribution in [0.2, 0.25) is 0 Å². The summed E-state index contributed by atoms with van der Waals surface area (Å²) in [4.78, 5) is 0. The standard InChI is InChI=1S/C18H22N2O/c1-21-14-17-12-7-13-20(17)19-18(16-10-5-6-11-16)15-8-3-2-4-9-15/h2-6,8-11,16-17H,7,12-14H2,1H3/b19-18-/t17-/m0/s1. The summed E-state index contributed by atoms with van der Waals surface area (Å²) in [6.45, 7) is 1.77. The normalized spacial score (nSPS) is 22.4. The number of hydrazone groups is 1. The number of hydrogen-bond acceptors (Lipinski definition) is 3. The molecule has 0 amide bonds. The van der Waals surface area contributed by atoms with Crippen molar-refractivity contribution in [1.82, 2.24) is 5.01 Å². The Morgan fingerprint density at radius 1 is 1.24 bits per heavy atom. The first kappa shape index (κ1) is 14.1. The Bertz CT molecular complexity index is 536. The average Bonchev–Trinajstić information content (AvgIpc) is 3.18. The minimum atomic E-state index is 0.274. The van der Waals surface area contributed by atoms with Crippen molar-refractivity contribution in [2.45, 2.75) is 18.9 Å². The van der Waals surface area contributed by atoms with E-state index in [0.717, 1.165) is 25.3 Å². The maximum Gasteiger partial charge on any atom is 0.0784 e. The summed E-state index contributed by atoms with van der Waals surface area (Å²) in [7, 11) is 1.76. The number of ether oxygens (including phenoxy) is 1. The van der Waals surface area contributed by atoms with Gasteiger partial charge in [0.15, 0.2) is 0 Å². The van der Waals surface area contributed by atoms with Gasteiger partial charge in [0.1, 0.15) is 0 Å². The molecule has 1 aromatic rings. The number of nitrogens with zero attached hydrogens (tertiary/aromatic N) is 2. The van der Waals surface area contributed by atoms with Crippen molar-refractivity contribution in [2.24, 2.45) is 11.0 Å². The first-order chi connectivity index (χ1) is 10.4. The predicted molar refractivity (Wildman–Crippen MR) is 86.4 cm³/mol. The van der Waals surface area contributed by atoms with E-state index in [-0.39, 0.29) is 5.92 Å². The zero-order chi connectivity index (χ0) is 14.5. The molecular formula is C18H22N2O. The van der Waals surface area contributed by atoms with Crippen molar-refractivity contribution >= 4 is 5.71 Å². The van der Waals surface area contributed by atoms with E-state index < -0.39 is 0 Å². The number of benzene rings is 1. The van der Waals surface area contributed by atoms with E-state index in [1.165, 1.54) is 12.0 Å². The molecule has 1 aliphatic heterocycles. The zero-order valence-corrected chi connectivity index (χ0v) is 12.5. The van der Waals surface area contributed by atoms with E-state index >= 15 is 0 Å². The molecule has 0 radical (unpaired) electrons. The van der Waals surface area contributed by atoms with Gasteiger partial charge < -0.3 is 4.74 Å². The topological polar surface area (TPSA) is 24.8 Å². The van der Waals surface area contributed by atoms with Gasteiger partial charge in [-0.05, 0) is 18.4 Å². The van der Waals surface area contributed by atoms with E-state index in [2.05, 4.69) is 53.6 Å². The maximum atomic E-state index is 5.33. The Morgan fingerprint density at radius 3 is 2.71 bits per heavy atom. The minimum Gasteiger partial charge on any atom is -0.382 e. The summed E-state index contributed by atoms with van der Waals surface area (Å²) >= 11 is 0. The molecule has 0 unspecified atom stereocenters. The lowest BCUT2D eigenvalue weighted by molar-refractivity contribution is 0.118. The largest absolute Gasteiger partial charge is 0.382 e. The van der Waals surface area contributed by atoms with Crippen LogP contribution in [0.15, 0.2) is 59.7 Å². The van der Waals surface area contributed by atoms with Crippen LogP contribution < -0.4 is 0 Å².